The van der Waals surface area contributed by atoms with Crippen LogP contribution in [-0.4, -0.2) is 187 Å². The van der Waals surface area contributed by atoms with Gasteiger partial charge in [-0.05, 0) is 51.4 Å². The number of phosphoric ester groups is 2. The molecule has 0 saturated carbocycles. The molecule has 10 unspecified atom stereocenters. The van der Waals surface area contributed by atoms with Gasteiger partial charge in [0.05, 0.1) is 51.1 Å². The number of ether oxygens (including phenoxy) is 7. The lowest BCUT2D eigenvalue weighted by Gasteiger charge is -2.49. The van der Waals surface area contributed by atoms with Crippen molar-refractivity contribution in [3.63, 3.8) is 0 Å². The summed E-state index contributed by atoms with van der Waals surface area (Å²) in [6.45, 7) is 10.8. The number of hydrogen-bond donors (Lipinski definition) is 9. The van der Waals surface area contributed by atoms with Crippen molar-refractivity contribution in [2.75, 3.05) is 13.2 Å². The summed E-state index contributed by atoms with van der Waals surface area (Å²) < 4.78 is 80.3. The summed E-state index contributed by atoms with van der Waals surface area (Å²) >= 11 is 0. The Morgan fingerprint density at radius 3 is 1.06 bits per heavy atom. The molecule has 0 spiro atoms. The Morgan fingerprint density at radius 1 is 0.379 bits per heavy atom. The van der Waals surface area contributed by atoms with Crippen molar-refractivity contribution in [3.8, 4) is 0 Å². The lowest BCUT2D eigenvalue weighted by atomic mass is 9.92. The van der Waals surface area contributed by atoms with Crippen molar-refractivity contribution in [2.45, 2.75) is 551 Å². The van der Waals surface area contributed by atoms with Gasteiger partial charge in [-0.25, -0.2) is 9.13 Å². The van der Waals surface area contributed by atoms with Crippen LogP contribution < -0.4 is 5.32 Å². The highest BCUT2D eigenvalue weighted by molar-refractivity contribution is 7.46. The highest BCUT2D eigenvalue weighted by Crippen LogP contribution is 2.45. The molecule has 2 aliphatic heterocycles. The Kier molecular flexibility index (Phi) is 71.0. The highest BCUT2D eigenvalue weighted by Gasteiger charge is 2.56. The normalized spacial score (nSPS) is 20.3. The van der Waals surface area contributed by atoms with E-state index in [4.69, 9.17) is 50.2 Å². The van der Waals surface area contributed by atoms with Crippen molar-refractivity contribution < 1.29 is 120 Å². The van der Waals surface area contributed by atoms with Gasteiger partial charge in [0, 0.05) is 12.8 Å². The van der Waals surface area contributed by atoms with E-state index in [0.717, 1.165) is 263 Å². The second-order valence-electron chi connectivity index (χ2n) is 35.7. The van der Waals surface area contributed by atoms with Gasteiger partial charge < -0.3 is 83.3 Å². The number of hydrogen-bond acceptors (Lipinski definition) is 21. The molecule has 2 rings (SSSR count). The first-order valence-corrected chi connectivity index (χ1v) is 53.0. The summed E-state index contributed by atoms with van der Waals surface area (Å²) in [4.78, 5) is 130. The molecule has 2 aliphatic rings. The first-order chi connectivity index (χ1) is 59.7. The molecule has 0 aromatic carbocycles. The first-order valence-electron chi connectivity index (χ1n) is 49.9. The van der Waals surface area contributed by atoms with Gasteiger partial charge in [-0.3, -0.25) is 37.8 Å². The van der Waals surface area contributed by atoms with E-state index in [1.807, 2.05) is 0 Å². The number of amides is 2. The summed E-state index contributed by atoms with van der Waals surface area (Å²) in [7, 11) is -4.40. The van der Waals surface area contributed by atoms with Crippen molar-refractivity contribution in [1.82, 2.24) is 10.1 Å². The van der Waals surface area contributed by atoms with Crippen LogP contribution in [0.1, 0.15) is 465 Å². The van der Waals surface area contributed by atoms with Gasteiger partial charge >= 0.3 is 39.5 Å². The van der Waals surface area contributed by atoms with E-state index in [-0.39, 0.29) is 38.5 Å². The summed E-state index contributed by atoms with van der Waals surface area (Å²) in [5.41, 5.74) is 0. The predicted molar refractivity (Wildman–Crippen MR) is 485 cm³/mol. The van der Waals surface area contributed by atoms with Crippen molar-refractivity contribution in [1.29, 1.82) is 0 Å². The molecule has 0 aliphatic carbocycles. The van der Waals surface area contributed by atoms with Crippen molar-refractivity contribution in [3.05, 3.63) is 0 Å². The molecule has 0 aromatic heterocycles. The summed E-state index contributed by atoms with van der Waals surface area (Å²) in [6, 6.07) is -4.05. The van der Waals surface area contributed by atoms with Gasteiger partial charge in [0.1, 0.15) is 48.7 Å². The number of nitrogens with one attached hydrogen (secondary N) is 1. The van der Waals surface area contributed by atoms with Crippen LogP contribution in [0.25, 0.3) is 0 Å². The zero-order valence-electron chi connectivity index (χ0n) is 78.1. The standard InChI is InChI=1S/C94H177BN2O25P2/c1-7-13-19-25-31-37-38-44-50-56-62-68-84(104)116-78(66-60-54-48-42-35-29-23-17-11-5)72-86(106)120-92-88(97(95)82(102)71-77(65-59-53-47-41-34-28-22-16-10-4)115-83(103)67-61-55-49-43-36-30-24-18-12-6)94(117-79(73-98)90(92)121-123(108,109)110)114-74-80-89(107)91(119-85(105)70-76(100)64-58-52-46-40-33-27-21-15-9-3)87(93(118-80)122-124(111,112)113)96-81(101)69-75(99)63-57-51-45-39-32-26-20-14-8-2/h75-80,87-94,98-100,107H,7-74H2,1-6H3,(H,96,101)(H2,108,109,110)(H2,111,112,113)/t75-,76-,77-,78-,79?,80?,87?,88?,89?,90?,91?,92?,93?,94?/m1/s1. The number of unbranched alkanes of at least 4 members (excludes halogenated alkanes) is 50. The van der Waals surface area contributed by atoms with Crippen molar-refractivity contribution in [2.24, 2.45) is 0 Å². The molecule has 2 radical (unpaired) electrons. The largest absolute Gasteiger partial charge is 0.472 e. The topological polar surface area (TPSA) is 397 Å². The zero-order valence-corrected chi connectivity index (χ0v) is 79.9. The Labute approximate surface area is 750 Å². The molecule has 124 heavy (non-hydrogen) atoms. The number of carbonyl (C=O) groups is 6. The molecule has 0 bridgehead atoms. The van der Waals surface area contributed by atoms with Gasteiger partial charge in [-0.15, -0.1) is 0 Å². The molecule has 9 N–H and O–H groups in total. The molecule has 726 valence electrons. The summed E-state index contributed by atoms with van der Waals surface area (Å²) in [5, 5.41) is 48.8. The first kappa shape index (κ1) is 117. The molecule has 0 aromatic rings. The van der Waals surface area contributed by atoms with E-state index in [2.05, 4.69) is 46.9 Å². The minimum Gasteiger partial charge on any atom is -0.462 e. The van der Waals surface area contributed by atoms with Crippen LogP contribution in [0.2, 0.25) is 0 Å². The summed E-state index contributed by atoms with van der Waals surface area (Å²) in [5.74, 6) is -5.30. The van der Waals surface area contributed by atoms with Gasteiger partial charge in [0.25, 0.3) is 0 Å². The quantitative estimate of drug-likeness (QED) is 0.00898. The average molecular weight is 1810 g/mol. The van der Waals surface area contributed by atoms with E-state index in [1.165, 1.54) is 57.8 Å². The third-order valence-electron chi connectivity index (χ3n) is 24.1. The molecule has 2 fully saturated rings. The van der Waals surface area contributed by atoms with E-state index >= 15 is 9.59 Å². The maximum absolute atomic E-state index is 15.4. The molecular formula is C94H177BN2O25P2. The number of aliphatic hydroxyl groups excluding tert-OH is 4. The third kappa shape index (κ3) is 60.0. The molecule has 2 amide bonds. The molecule has 2 saturated heterocycles. The minimum atomic E-state index is -5.74. The maximum atomic E-state index is 15.4. The van der Waals surface area contributed by atoms with Crippen LogP contribution in [-0.2, 0) is 80.1 Å². The Hall–Kier alpha value is -3.18. The number of rotatable bonds is 84. The van der Waals surface area contributed by atoms with Crippen molar-refractivity contribution >= 4 is 59.3 Å². The van der Waals surface area contributed by atoms with Crippen LogP contribution in [0.5, 0.6) is 0 Å². The van der Waals surface area contributed by atoms with E-state index in [0.29, 0.717) is 43.3 Å². The van der Waals surface area contributed by atoms with E-state index in [1.54, 1.807) is 0 Å². The van der Waals surface area contributed by atoms with Gasteiger partial charge in [0.2, 0.25) is 19.8 Å². The summed E-state index contributed by atoms with van der Waals surface area (Å²) in [6.07, 6.45) is 32.6. The molecule has 2 heterocycles. The fourth-order valence-electron chi connectivity index (χ4n) is 16.7. The highest BCUT2D eigenvalue weighted by atomic mass is 31.2. The van der Waals surface area contributed by atoms with Gasteiger partial charge in [-0.1, -0.05) is 375 Å². The molecule has 14 atom stereocenters. The predicted octanol–water partition coefficient (Wildman–Crippen LogP) is 20.4. The van der Waals surface area contributed by atoms with Gasteiger partial charge in [0.15, 0.2) is 24.8 Å². The molecule has 30 heteroatoms. The second kappa shape index (κ2) is 75.4. The van der Waals surface area contributed by atoms with Crippen LogP contribution >= 0.6 is 15.6 Å². The third-order valence-corrected chi connectivity index (χ3v) is 25.1. The monoisotopic (exact) mass is 1810 g/mol. The number of esters is 4. The number of carbonyl (C=O) groups excluding carboxylic acids is 6. The average Bonchev–Trinajstić information content (AvgIpc) is 0.768. The Morgan fingerprint density at radius 2 is 0.694 bits per heavy atom. The van der Waals surface area contributed by atoms with Crippen LogP contribution in [0, 0.1) is 0 Å². The smallest absolute Gasteiger partial charge is 0.462 e. The Balaban J connectivity index is 2.88. The lowest BCUT2D eigenvalue weighted by Crippen LogP contribution is -2.68. The molecule has 27 nitrogen and oxygen atoms in total. The lowest BCUT2D eigenvalue weighted by molar-refractivity contribution is -0.302. The SMILES string of the molecule is [B]N(C(=O)C[C@@H](CCCCCCCCCCC)OC(=O)CCCCCCCCCCC)C1C(OCC2OC(OP(=O)(O)O)C(NC(=O)C[C@H](O)CCCCCCCCCCC)C(OC(=O)C[C@H](O)CCCCCCCCCCC)C2O)OC(CO)C(OP(=O)(O)O)C1OC(=O)C[C@@H](CCCCCCCCCCC)OC(=O)CCCCCCCCCCCCC. The second-order valence-corrected chi connectivity index (χ2v) is 38.1. The van der Waals surface area contributed by atoms with E-state index < -0.39 is 176 Å². The Bertz CT molecular complexity index is 2760. The minimum absolute atomic E-state index is 0.0556. The van der Waals surface area contributed by atoms with Crippen LogP contribution in [0.15, 0.2) is 0 Å². The fourth-order valence-corrected chi connectivity index (χ4v) is 17.7. The number of aliphatic hydroxyl groups is 4. The fraction of sp³-hybridized carbons (Fsp3) is 0.936. The van der Waals surface area contributed by atoms with Crippen LogP contribution in [0.3, 0.4) is 0 Å². The van der Waals surface area contributed by atoms with Gasteiger partial charge in [-0.2, -0.15) is 0 Å². The van der Waals surface area contributed by atoms with Crippen LogP contribution in [0.4, 0.5) is 0 Å². The van der Waals surface area contributed by atoms with E-state index in [9.17, 15) is 68.3 Å². The zero-order chi connectivity index (χ0) is 91.3. The molecular weight excluding hydrogens is 1630 g/mol. The number of nitrogens with zero attached hydrogens (tertiary/aromatic N) is 1. The number of phosphoric acid groups is 2. The maximum Gasteiger partial charge on any atom is 0.472 e.